The number of fused-ring (bicyclic) bond motifs is 1. The molecule has 3 aromatic carbocycles. The Morgan fingerprint density at radius 1 is 0.833 bits per heavy atom. The Kier molecular flexibility index (Phi) is 6.12. The minimum Gasteiger partial charge on any atom is -0.326 e. The summed E-state index contributed by atoms with van der Waals surface area (Å²) in [6.45, 7) is 0. The first kappa shape index (κ1) is 20.1. The first-order valence-corrected chi connectivity index (χ1v) is 10.7. The van der Waals surface area contributed by atoms with Gasteiger partial charge in [0.05, 0.1) is 5.02 Å². The zero-order valence-electron chi connectivity index (χ0n) is 16.0. The summed E-state index contributed by atoms with van der Waals surface area (Å²) >= 11 is 7.75. The topological polar surface area (TPSA) is 58.2 Å². The van der Waals surface area contributed by atoms with Crippen LogP contribution in [0.2, 0.25) is 5.02 Å². The molecule has 2 N–H and O–H groups in total. The van der Waals surface area contributed by atoms with Crippen LogP contribution >= 0.6 is 22.9 Å². The number of hydrogen-bond acceptors (Lipinski definition) is 3. The van der Waals surface area contributed by atoms with Gasteiger partial charge in [-0.05, 0) is 36.2 Å². The van der Waals surface area contributed by atoms with Crippen LogP contribution in [0.5, 0.6) is 0 Å². The van der Waals surface area contributed by atoms with E-state index in [1.165, 1.54) is 11.3 Å². The smallest absolute Gasteiger partial charge is 0.267 e. The maximum Gasteiger partial charge on any atom is 0.267 e. The van der Waals surface area contributed by atoms with Crippen LogP contribution < -0.4 is 10.6 Å². The fourth-order valence-corrected chi connectivity index (χ4v) is 4.56. The normalized spacial score (nSPS) is 10.7. The van der Waals surface area contributed by atoms with Crippen molar-refractivity contribution in [2.24, 2.45) is 0 Å². The lowest BCUT2D eigenvalue weighted by atomic mass is 10.1. The number of anilines is 2. The van der Waals surface area contributed by atoms with E-state index in [-0.39, 0.29) is 11.8 Å². The van der Waals surface area contributed by atoms with Gasteiger partial charge in [-0.3, -0.25) is 9.59 Å². The van der Waals surface area contributed by atoms with Crippen molar-refractivity contribution in [1.29, 1.82) is 0 Å². The van der Waals surface area contributed by atoms with Gasteiger partial charge in [0.25, 0.3) is 5.91 Å². The average molecular weight is 435 g/mol. The van der Waals surface area contributed by atoms with E-state index in [0.717, 1.165) is 15.6 Å². The Morgan fingerprint density at radius 2 is 1.53 bits per heavy atom. The monoisotopic (exact) mass is 434 g/mol. The molecule has 1 aromatic heterocycles. The lowest BCUT2D eigenvalue weighted by molar-refractivity contribution is -0.116. The van der Waals surface area contributed by atoms with Gasteiger partial charge in [-0.15, -0.1) is 11.3 Å². The average Bonchev–Trinajstić information content (AvgIpc) is 3.10. The van der Waals surface area contributed by atoms with E-state index in [1.807, 2.05) is 54.6 Å². The van der Waals surface area contributed by atoms with E-state index >= 15 is 0 Å². The first-order chi connectivity index (χ1) is 14.6. The van der Waals surface area contributed by atoms with Crippen LogP contribution in [0.1, 0.15) is 21.7 Å². The fourth-order valence-electron chi connectivity index (χ4n) is 3.15. The van der Waals surface area contributed by atoms with Crippen LogP contribution in [0.15, 0.2) is 78.9 Å². The summed E-state index contributed by atoms with van der Waals surface area (Å²) in [4.78, 5) is 25.5. The van der Waals surface area contributed by atoms with Crippen molar-refractivity contribution in [1.82, 2.24) is 0 Å². The zero-order chi connectivity index (χ0) is 20.9. The molecule has 0 aliphatic carbocycles. The first-order valence-electron chi connectivity index (χ1n) is 9.52. The predicted molar refractivity (Wildman–Crippen MR) is 125 cm³/mol. The number of aryl methyl sites for hydroxylation is 1. The number of thiophene rings is 1. The van der Waals surface area contributed by atoms with Gasteiger partial charge in [-0.2, -0.15) is 0 Å². The summed E-state index contributed by atoms with van der Waals surface area (Å²) < 4.78 is 0.965. The van der Waals surface area contributed by atoms with Gasteiger partial charge in [-0.25, -0.2) is 0 Å². The number of nitrogens with one attached hydrogen (secondary N) is 2. The summed E-state index contributed by atoms with van der Waals surface area (Å²) in [5.41, 5.74) is 2.34. The van der Waals surface area contributed by atoms with Crippen molar-refractivity contribution in [2.45, 2.75) is 12.8 Å². The second-order valence-corrected chi connectivity index (χ2v) is 8.24. The van der Waals surface area contributed by atoms with Gasteiger partial charge in [0.2, 0.25) is 5.91 Å². The molecule has 150 valence electrons. The summed E-state index contributed by atoms with van der Waals surface area (Å²) in [5.74, 6) is -0.344. The van der Waals surface area contributed by atoms with Crippen molar-refractivity contribution < 1.29 is 9.59 Å². The summed E-state index contributed by atoms with van der Waals surface area (Å²) in [6.07, 6.45) is 1.06. The third-order valence-corrected chi connectivity index (χ3v) is 6.30. The van der Waals surface area contributed by atoms with Crippen molar-refractivity contribution in [3.8, 4) is 0 Å². The third kappa shape index (κ3) is 4.70. The van der Waals surface area contributed by atoms with E-state index in [4.69, 9.17) is 11.6 Å². The number of benzene rings is 3. The number of carbonyl (C=O) groups excluding carboxylic acids is 2. The maximum absolute atomic E-state index is 12.7. The van der Waals surface area contributed by atoms with Crippen LogP contribution in [0.3, 0.4) is 0 Å². The maximum atomic E-state index is 12.7. The quantitative estimate of drug-likeness (QED) is 0.370. The van der Waals surface area contributed by atoms with Crippen molar-refractivity contribution >= 4 is 56.2 Å². The van der Waals surface area contributed by atoms with Gasteiger partial charge < -0.3 is 10.6 Å². The van der Waals surface area contributed by atoms with Crippen LogP contribution in [0, 0.1) is 0 Å². The van der Waals surface area contributed by atoms with Gasteiger partial charge in [0, 0.05) is 27.9 Å². The van der Waals surface area contributed by atoms with Crippen LogP contribution in [0.25, 0.3) is 10.1 Å². The van der Waals surface area contributed by atoms with Gasteiger partial charge in [-0.1, -0.05) is 66.2 Å². The minimum atomic E-state index is -0.270. The highest BCUT2D eigenvalue weighted by Crippen LogP contribution is 2.35. The minimum absolute atomic E-state index is 0.0742. The Balaban J connectivity index is 1.40. The molecule has 30 heavy (non-hydrogen) atoms. The molecule has 0 saturated carbocycles. The molecule has 2 amide bonds. The Bertz CT molecular complexity index is 1200. The SMILES string of the molecule is O=C(CCc1ccccc1)Nc1cccc(NC(=O)c2sc3ccccc3c2Cl)c1. The van der Waals surface area contributed by atoms with Gasteiger partial charge in [0.1, 0.15) is 4.88 Å². The highest BCUT2D eigenvalue weighted by atomic mass is 35.5. The Hall–Kier alpha value is -3.15. The summed E-state index contributed by atoms with van der Waals surface area (Å²) in [7, 11) is 0. The van der Waals surface area contributed by atoms with Crippen LogP contribution in [-0.2, 0) is 11.2 Å². The second-order valence-electron chi connectivity index (χ2n) is 6.81. The van der Waals surface area contributed by atoms with Gasteiger partial charge >= 0.3 is 0 Å². The van der Waals surface area contributed by atoms with Crippen molar-refractivity contribution in [3.05, 3.63) is 94.3 Å². The number of amides is 2. The third-order valence-electron chi connectivity index (χ3n) is 4.63. The number of carbonyl (C=O) groups is 2. The Labute approximate surface area is 183 Å². The van der Waals surface area contributed by atoms with Crippen LogP contribution in [0.4, 0.5) is 11.4 Å². The molecule has 4 rings (SSSR count). The summed E-state index contributed by atoms with van der Waals surface area (Å²) in [5, 5.41) is 7.08. The lowest BCUT2D eigenvalue weighted by Crippen LogP contribution is -2.13. The highest BCUT2D eigenvalue weighted by Gasteiger charge is 2.17. The molecule has 0 radical (unpaired) electrons. The standard InChI is InChI=1S/C24H19ClN2O2S/c25-22-19-11-4-5-12-20(19)30-23(22)24(29)27-18-10-6-9-17(15-18)26-21(28)14-13-16-7-2-1-3-8-16/h1-12,15H,13-14H2,(H,26,28)(H,27,29). The molecule has 0 spiro atoms. The Morgan fingerprint density at radius 3 is 2.30 bits per heavy atom. The molecular formula is C24H19ClN2O2S. The van der Waals surface area contributed by atoms with Crippen molar-refractivity contribution in [2.75, 3.05) is 10.6 Å². The molecule has 0 saturated heterocycles. The van der Waals surface area contributed by atoms with E-state index in [1.54, 1.807) is 24.3 Å². The molecule has 4 nitrogen and oxygen atoms in total. The fraction of sp³-hybridized carbons (Fsp3) is 0.0833. The molecule has 0 aliphatic rings. The van der Waals surface area contributed by atoms with E-state index in [0.29, 0.717) is 34.1 Å². The largest absolute Gasteiger partial charge is 0.326 e. The molecule has 0 bridgehead atoms. The molecular weight excluding hydrogens is 416 g/mol. The molecule has 0 fully saturated rings. The zero-order valence-corrected chi connectivity index (χ0v) is 17.6. The molecule has 4 aromatic rings. The van der Waals surface area contributed by atoms with Gasteiger partial charge in [0.15, 0.2) is 0 Å². The highest BCUT2D eigenvalue weighted by molar-refractivity contribution is 7.21. The van der Waals surface area contributed by atoms with Crippen molar-refractivity contribution in [3.63, 3.8) is 0 Å². The molecule has 0 atom stereocenters. The predicted octanol–water partition coefficient (Wildman–Crippen LogP) is 6.38. The number of rotatable bonds is 6. The summed E-state index contributed by atoms with van der Waals surface area (Å²) in [6, 6.07) is 24.6. The van der Waals surface area contributed by atoms with E-state index in [9.17, 15) is 9.59 Å². The van der Waals surface area contributed by atoms with Crippen LogP contribution in [-0.4, -0.2) is 11.8 Å². The molecule has 0 aliphatic heterocycles. The van der Waals surface area contributed by atoms with E-state index in [2.05, 4.69) is 10.6 Å². The molecule has 0 unspecified atom stereocenters. The molecule has 6 heteroatoms. The second kappa shape index (κ2) is 9.11. The van der Waals surface area contributed by atoms with E-state index < -0.39 is 0 Å². The lowest BCUT2D eigenvalue weighted by Gasteiger charge is -2.09. The number of hydrogen-bond donors (Lipinski definition) is 2. The molecule has 1 heterocycles. The number of halogens is 1.